The van der Waals surface area contributed by atoms with Gasteiger partial charge < -0.3 is 10.2 Å². The van der Waals surface area contributed by atoms with E-state index in [4.69, 9.17) is 0 Å². The molecule has 1 aliphatic carbocycles. The van der Waals surface area contributed by atoms with E-state index in [1.165, 1.54) is 24.8 Å². The Kier molecular flexibility index (Phi) is 5.48. The number of likely N-dealkylation sites (tertiary alicyclic amines) is 2. The highest BCUT2D eigenvalue weighted by molar-refractivity contribution is 5.94. The van der Waals surface area contributed by atoms with Gasteiger partial charge in [0.15, 0.2) is 0 Å². The maximum atomic E-state index is 12.6. The summed E-state index contributed by atoms with van der Waals surface area (Å²) >= 11 is 0. The number of nitrogens with zero attached hydrogens (tertiary/aromatic N) is 2. The molecule has 1 N–H and O–H groups in total. The number of benzene rings is 1. The van der Waals surface area contributed by atoms with Crippen molar-refractivity contribution in [2.75, 3.05) is 32.7 Å². The van der Waals surface area contributed by atoms with Crippen LogP contribution < -0.4 is 5.32 Å². The number of amides is 2. The minimum Gasteiger partial charge on any atom is -0.350 e. The van der Waals surface area contributed by atoms with Crippen molar-refractivity contribution in [3.05, 3.63) is 35.4 Å². The minimum absolute atomic E-state index is 0.0213. The molecular formula is C22H31N3O2. The van der Waals surface area contributed by atoms with E-state index in [9.17, 15) is 9.59 Å². The Balaban J connectivity index is 1.29. The van der Waals surface area contributed by atoms with Crippen molar-refractivity contribution in [1.29, 1.82) is 0 Å². The van der Waals surface area contributed by atoms with Gasteiger partial charge in [0.1, 0.15) is 0 Å². The lowest BCUT2D eigenvalue weighted by Gasteiger charge is -2.38. The molecule has 0 radical (unpaired) electrons. The molecule has 1 unspecified atom stereocenters. The Morgan fingerprint density at radius 2 is 1.96 bits per heavy atom. The Labute approximate surface area is 162 Å². The highest BCUT2D eigenvalue weighted by Crippen LogP contribution is 2.36. The van der Waals surface area contributed by atoms with Crippen molar-refractivity contribution in [1.82, 2.24) is 15.1 Å². The molecule has 2 saturated heterocycles. The first-order chi connectivity index (χ1) is 13.1. The van der Waals surface area contributed by atoms with Crippen LogP contribution in [0.3, 0.4) is 0 Å². The number of carbonyl (C=O) groups is 2. The Bertz CT molecular complexity index is 695. The third-order valence-corrected chi connectivity index (χ3v) is 6.42. The van der Waals surface area contributed by atoms with Gasteiger partial charge in [-0.15, -0.1) is 0 Å². The van der Waals surface area contributed by atoms with E-state index in [0.717, 1.165) is 38.0 Å². The maximum absolute atomic E-state index is 12.6. The van der Waals surface area contributed by atoms with Gasteiger partial charge in [-0.1, -0.05) is 25.5 Å². The van der Waals surface area contributed by atoms with Crippen molar-refractivity contribution >= 4 is 11.8 Å². The van der Waals surface area contributed by atoms with Crippen LogP contribution >= 0.6 is 0 Å². The first-order valence-electron chi connectivity index (χ1n) is 10.5. The van der Waals surface area contributed by atoms with E-state index < -0.39 is 0 Å². The predicted molar refractivity (Wildman–Crippen MR) is 106 cm³/mol. The predicted octanol–water partition coefficient (Wildman–Crippen LogP) is 2.63. The lowest BCUT2D eigenvalue weighted by molar-refractivity contribution is -0.134. The Hall–Kier alpha value is -1.88. The summed E-state index contributed by atoms with van der Waals surface area (Å²) in [5.74, 6) is 1.53. The zero-order chi connectivity index (χ0) is 18.8. The quantitative estimate of drug-likeness (QED) is 0.839. The van der Waals surface area contributed by atoms with Crippen LogP contribution in [0.2, 0.25) is 0 Å². The number of nitrogens with one attached hydrogen (secondary N) is 1. The van der Waals surface area contributed by atoms with E-state index >= 15 is 0 Å². The molecular weight excluding hydrogens is 338 g/mol. The largest absolute Gasteiger partial charge is 0.350 e. The van der Waals surface area contributed by atoms with Crippen LogP contribution in [0.15, 0.2) is 24.3 Å². The van der Waals surface area contributed by atoms with Gasteiger partial charge in [-0.05, 0) is 55.2 Å². The Morgan fingerprint density at radius 1 is 1.15 bits per heavy atom. The number of hydrogen-bond donors (Lipinski definition) is 1. The summed E-state index contributed by atoms with van der Waals surface area (Å²) < 4.78 is 0. The SMILES string of the molecule is CC1CN(CC(=O)N2CCCC2CNC(=O)c2cccc(C3CCC3)c2)C1. The first-order valence-corrected chi connectivity index (χ1v) is 10.5. The monoisotopic (exact) mass is 369 g/mol. The molecule has 5 heteroatoms. The van der Waals surface area contributed by atoms with E-state index in [2.05, 4.69) is 23.2 Å². The van der Waals surface area contributed by atoms with Crippen molar-refractivity contribution in [2.24, 2.45) is 5.92 Å². The zero-order valence-corrected chi connectivity index (χ0v) is 16.3. The average molecular weight is 370 g/mol. The summed E-state index contributed by atoms with van der Waals surface area (Å²) in [6.45, 7) is 6.17. The first kappa shape index (κ1) is 18.5. The van der Waals surface area contributed by atoms with Gasteiger partial charge in [-0.25, -0.2) is 0 Å². The van der Waals surface area contributed by atoms with Gasteiger partial charge in [0.2, 0.25) is 5.91 Å². The van der Waals surface area contributed by atoms with Crippen molar-refractivity contribution in [2.45, 2.75) is 51.0 Å². The highest BCUT2D eigenvalue weighted by Gasteiger charge is 2.32. The minimum atomic E-state index is -0.0213. The summed E-state index contributed by atoms with van der Waals surface area (Å²) in [7, 11) is 0. The highest BCUT2D eigenvalue weighted by atomic mass is 16.2. The van der Waals surface area contributed by atoms with Crippen LogP contribution in [0.25, 0.3) is 0 Å². The molecule has 5 nitrogen and oxygen atoms in total. The van der Waals surface area contributed by atoms with E-state index in [0.29, 0.717) is 24.9 Å². The molecule has 0 bridgehead atoms. The molecule has 2 heterocycles. The molecule has 146 valence electrons. The second-order valence-electron chi connectivity index (χ2n) is 8.65. The fraction of sp³-hybridized carbons (Fsp3) is 0.636. The van der Waals surface area contributed by atoms with Crippen LogP contribution in [-0.2, 0) is 4.79 Å². The van der Waals surface area contributed by atoms with E-state index in [1.54, 1.807) is 0 Å². The van der Waals surface area contributed by atoms with Crippen LogP contribution in [0.1, 0.15) is 60.9 Å². The van der Waals surface area contributed by atoms with Gasteiger partial charge in [-0.3, -0.25) is 14.5 Å². The molecule has 1 saturated carbocycles. The van der Waals surface area contributed by atoms with Gasteiger partial charge in [0, 0.05) is 37.8 Å². The second kappa shape index (κ2) is 8.01. The summed E-state index contributed by atoms with van der Waals surface area (Å²) in [5, 5.41) is 3.07. The van der Waals surface area contributed by atoms with Crippen molar-refractivity contribution in [3.63, 3.8) is 0 Å². The van der Waals surface area contributed by atoms with Crippen LogP contribution in [0.5, 0.6) is 0 Å². The van der Waals surface area contributed by atoms with Gasteiger partial charge in [0.05, 0.1) is 6.54 Å². The molecule has 27 heavy (non-hydrogen) atoms. The van der Waals surface area contributed by atoms with Gasteiger partial charge in [0.25, 0.3) is 5.91 Å². The molecule has 1 atom stereocenters. The number of rotatable bonds is 6. The van der Waals surface area contributed by atoms with Gasteiger partial charge in [-0.2, -0.15) is 0 Å². The summed E-state index contributed by atoms with van der Waals surface area (Å²) in [6.07, 6.45) is 5.77. The standard InChI is InChI=1S/C22H31N3O2/c1-16-13-24(14-16)15-21(26)25-10-4-9-20(25)12-23-22(27)19-8-3-7-18(11-19)17-5-2-6-17/h3,7-8,11,16-17,20H,2,4-6,9-10,12-15H2,1H3,(H,23,27). The summed E-state index contributed by atoms with van der Waals surface area (Å²) in [5.41, 5.74) is 2.03. The molecule has 0 spiro atoms. The maximum Gasteiger partial charge on any atom is 0.251 e. The fourth-order valence-electron chi connectivity index (χ4n) is 4.60. The normalized spacial score (nSPS) is 23.7. The van der Waals surface area contributed by atoms with Crippen LogP contribution in [0.4, 0.5) is 0 Å². The fourth-order valence-corrected chi connectivity index (χ4v) is 4.60. The lowest BCUT2D eigenvalue weighted by Crippen LogP contribution is -2.52. The lowest BCUT2D eigenvalue weighted by atomic mass is 9.80. The molecule has 3 fully saturated rings. The molecule has 3 aliphatic rings. The smallest absolute Gasteiger partial charge is 0.251 e. The van der Waals surface area contributed by atoms with E-state index in [-0.39, 0.29) is 17.9 Å². The molecule has 2 amide bonds. The topological polar surface area (TPSA) is 52.7 Å². The Morgan fingerprint density at radius 3 is 2.67 bits per heavy atom. The third-order valence-electron chi connectivity index (χ3n) is 6.42. The second-order valence-corrected chi connectivity index (χ2v) is 8.65. The molecule has 0 aromatic heterocycles. The molecule has 4 rings (SSSR count). The zero-order valence-electron chi connectivity index (χ0n) is 16.3. The van der Waals surface area contributed by atoms with Crippen molar-refractivity contribution < 1.29 is 9.59 Å². The van der Waals surface area contributed by atoms with Crippen LogP contribution in [0, 0.1) is 5.92 Å². The number of hydrogen-bond acceptors (Lipinski definition) is 3. The average Bonchev–Trinajstić information content (AvgIpc) is 3.05. The van der Waals surface area contributed by atoms with Gasteiger partial charge >= 0.3 is 0 Å². The molecule has 2 aliphatic heterocycles. The van der Waals surface area contributed by atoms with Crippen molar-refractivity contribution in [3.8, 4) is 0 Å². The van der Waals surface area contributed by atoms with Crippen LogP contribution in [-0.4, -0.2) is 60.4 Å². The molecule has 1 aromatic rings. The summed E-state index contributed by atoms with van der Waals surface area (Å²) in [4.78, 5) is 29.4. The van der Waals surface area contributed by atoms with E-state index in [1.807, 2.05) is 23.1 Å². The molecule has 1 aromatic carbocycles. The third kappa shape index (κ3) is 4.18. The summed E-state index contributed by atoms with van der Waals surface area (Å²) in [6, 6.07) is 8.19. The number of carbonyl (C=O) groups excluding carboxylic acids is 2.